The van der Waals surface area contributed by atoms with Gasteiger partial charge in [0.2, 0.25) is 17.7 Å². The predicted octanol–water partition coefficient (Wildman–Crippen LogP) is -1.44. The van der Waals surface area contributed by atoms with E-state index in [0.717, 1.165) is 5.56 Å². The van der Waals surface area contributed by atoms with E-state index >= 15 is 0 Å². The first kappa shape index (κ1) is 25.8. The molecule has 1 saturated heterocycles. The Morgan fingerprint density at radius 1 is 1.11 bits per heavy atom. The summed E-state index contributed by atoms with van der Waals surface area (Å²) in [5, 5.41) is 24.2. The van der Waals surface area contributed by atoms with Gasteiger partial charge in [-0.2, -0.15) is 0 Å². The average molecular weight is 487 g/mol. The van der Waals surface area contributed by atoms with Crippen LogP contribution < -0.4 is 16.4 Å². The Morgan fingerprint density at radius 2 is 1.83 bits per heavy atom. The Kier molecular flexibility index (Phi) is 8.92. The number of aliphatic hydroxyl groups is 1. The van der Waals surface area contributed by atoms with Crippen LogP contribution in [0.2, 0.25) is 0 Å². The fourth-order valence-electron chi connectivity index (χ4n) is 4.01. The molecule has 0 bridgehead atoms. The lowest BCUT2D eigenvalue weighted by atomic mass is 10.1. The van der Waals surface area contributed by atoms with Crippen molar-refractivity contribution >= 4 is 23.7 Å². The van der Waals surface area contributed by atoms with E-state index in [1.54, 1.807) is 0 Å². The number of aliphatic carboxylic acids is 1. The van der Waals surface area contributed by atoms with E-state index in [9.17, 15) is 29.4 Å². The van der Waals surface area contributed by atoms with Crippen molar-refractivity contribution in [1.82, 2.24) is 25.5 Å². The topological polar surface area (TPSA) is 191 Å². The molecule has 0 spiro atoms. The van der Waals surface area contributed by atoms with Crippen LogP contribution in [0.1, 0.15) is 24.1 Å². The number of nitrogens with two attached hydrogens (primary N) is 1. The number of carbonyl (C=O) groups is 4. The molecule has 1 aliphatic rings. The van der Waals surface area contributed by atoms with E-state index in [2.05, 4.69) is 20.6 Å². The number of aromatic nitrogens is 2. The molecule has 188 valence electrons. The Labute approximate surface area is 201 Å². The van der Waals surface area contributed by atoms with Gasteiger partial charge in [0.05, 0.1) is 19.0 Å². The van der Waals surface area contributed by atoms with E-state index in [0.29, 0.717) is 18.5 Å². The van der Waals surface area contributed by atoms with E-state index < -0.39 is 54.5 Å². The summed E-state index contributed by atoms with van der Waals surface area (Å²) in [7, 11) is 0. The third-order valence-electron chi connectivity index (χ3n) is 5.87. The number of rotatable bonds is 11. The number of imidazole rings is 1. The lowest BCUT2D eigenvalue weighted by Gasteiger charge is -2.28. The van der Waals surface area contributed by atoms with Crippen LogP contribution in [0.15, 0.2) is 42.9 Å². The van der Waals surface area contributed by atoms with E-state index in [-0.39, 0.29) is 19.4 Å². The second kappa shape index (κ2) is 12.1. The molecule has 2 heterocycles. The molecule has 12 nitrogen and oxygen atoms in total. The molecular weight excluding hydrogens is 456 g/mol. The summed E-state index contributed by atoms with van der Waals surface area (Å²) in [6, 6.07) is 4.68. The molecule has 4 unspecified atom stereocenters. The monoisotopic (exact) mass is 486 g/mol. The molecule has 3 amide bonds. The highest BCUT2D eigenvalue weighted by Crippen LogP contribution is 2.19. The van der Waals surface area contributed by atoms with Gasteiger partial charge in [0.15, 0.2) is 0 Å². The molecule has 2 aromatic rings. The fourth-order valence-corrected chi connectivity index (χ4v) is 4.01. The van der Waals surface area contributed by atoms with Crippen molar-refractivity contribution in [2.75, 3.05) is 13.2 Å². The minimum Gasteiger partial charge on any atom is -0.480 e. The second-order valence-electron chi connectivity index (χ2n) is 8.41. The summed E-state index contributed by atoms with van der Waals surface area (Å²) in [6.45, 7) is -0.471. The predicted molar refractivity (Wildman–Crippen MR) is 124 cm³/mol. The summed E-state index contributed by atoms with van der Waals surface area (Å²) in [4.78, 5) is 58.2. The number of amides is 3. The van der Waals surface area contributed by atoms with Gasteiger partial charge < -0.3 is 36.5 Å². The molecule has 1 aliphatic heterocycles. The van der Waals surface area contributed by atoms with Crippen molar-refractivity contribution in [2.45, 2.75) is 49.9 Å². The van der Waals surface area contributed by atoms with Gasteiger partial charge in [-0.25, -0.2) is 9.78 Å². The molecule has 1 aromatic carbocycles. The first-order valence-electron chi connectivity index (χ1n) is 11.3. The highest BCUT2D eigenvalue weighted by molar-refractivity contribution is 5.94. The largest absolute Gasteiger partial charge is 0.480 e. The van der Waals surface area contributed by atoms with Crippen LogP contribution in [0.5, 0.6) is 0 Å². The number of carboxylic acids is 1. The van der Waals surface area contributed by atoms with Gasteiger partial charge in [-0.05, 0) is 24.8 Å². The lowest BCUT2D eigenvalue weighted by Crippen LogP contribution is -2.58. The van der Waals surface area contributed by atoms with Crippen LogP contribution in [0.4, 0.5) is 0 Å². The smallest absolute Gasteiger partial charge is 0.326 e. The highest BCUT2D eigenvalue weighted by Gasteiger charge is 2.38. The Morgan fingerprint density at radius 3 is 2.46 bits per heavy atom. The number of carboxylic acid groups (broad SMARTS) is 1. The van der Waals surface area contributed by atoms with E-state index in [1.165, 1.54) is 17.4 Å². The quantitative estimate of drug-likeness (QED) is 0.222. The average Bonchev–Trinajstić information content (AvgIpc) is 3.54. The number of aliphatic hydroxyl groups excluding tert-OH is 1. The third kappa shape index (κ3) is 6.87. The minimum atomic E-state index is -1.35. The molecular formula is C23H30N6O6. The van der Waals surface area contributed by atoms with E-state index in [4.69, 9.17) is 5.73 Å². The number of hydrogen-bond acceptors (Lipinski definition) is 7. The van der Waals surface area contributed by atoms with Crippen LogP contribution >= 0.6 is 0 Å². The Bertz CT molecular complexity index is 1010. The summed E-state index contributed by atoms with van der Waals surface area (Å²) < 4.78 is 0. The lowest BCUT2D eigenvalue weighted by molar-refractivity contribution is -0.149. The van der Waals surface area contributed by atoms with Gasteiger partial charge in [-0.3, -0.25) is 14.4 Å². The fraction of sp³-hybridized carbons (Fsp3) is 0.435. The molecule has 1 aromatic heterocycles. The number of carbonyl (C=O) groups excluding carboxylic acids is 3. The molecule has 35 heavy (non-hydrogen) atoms. The maximum atomic E-state index is 13.2. The molecule has 4 atom stereocenters. The van der Waals surface area contributed by atoms with Crippen molar-refractivity contribution in [3.8, 4) is 0 Å². The van der Waals surface area contributed by atoms with Gasteiger partial charge in [0, 0.05) is 24.9 Å². The van der Waals surface area contributed by atoms with Gasteiger partial charge >= 0.3 is 5.97 Å². The Balaban J connectivity index is 1.68. The summed E-state index contributed by atoms with van der Waals surface area (Å²) in [5.41, 5.74) is 7.35. The van der Waals surface area contributed by atoms with Crippen LogP contribution in [0.25, 0.3) is 0 Å². The van der Waals surface area contributed by atoms with Crippen LogP contribution in [-0.4, -0.2) is 86.1 Å². The molecule has 0 radical (unpaired) electrons. The van der Waals surface area contributed by atoms with Gasteiger partial charge in [0.25, 0.3) is 0 Å². The number of hydrogen-bond donors (Lipinski definition) is 6. The normalized spacial score (nSPS) is 17.9. The molecule has 1 fully saturated rings. The molecule has 0 aliphatic carbocycles. The van der Waals surface area contributed by atoms with Crippen molar-refractivity contribution in [3.63, 3.8) is 0 Å². The summed E-state index contributed by atoms with van der Waals surface area (Å²) in [6.07, 6.45) is 4.01. The number of likely N-dealkylation sites (tertiary alicyclic amines) is 1. The van der Waals surface area contributed by atoms with Crippen LogP contribution in [-0.2, 0) is 32.0 Å². The maximum Gasteiger partial charge on any atom is 0.326 e. The minimum absolute atomic E-state index is 0.0209. The first-order valence-corrected chi connectivity index (χ1v) is 11.3. The number of nitrogens with one attached hydrogen (secondary N) is 3. The van der Waals surface area contributed by atoms with Crippen LogP contribution in [0, 0.1) is 0 Å². The zero-order chi connectivity index (χ0) is 25.4. The summed E-state index contributed by atoms with van der Waals surface area (Å²) >= 11 is 0. The first-order chi connectivity index (χ1) is 16.8. The molecule has 7 N–H and O–H groups in total. The zero-order valence-electron chi connectivity index (χ0n) is 19.1. The van der Waals surface area contributed by atoms with Crippen molar-refractivity contribution in [1.29, 1.82) is 0 Å². The van der Waals surface area contributed by atoms with E-state index in [1.807, 2.05) is 30.3 Å². The number of nitrogens with zero attached hydrogens (tertiary/aromatic N) is 2. The SMILES string of the molecule is NC(Cc1ccccc1)C(=O)NC(CO)C(=O)NC(Cc1cnc[nH]1)C(=O)N1CCCC1C(=O)O. The number of aromatic amines is 1. The summed E-state index contributed by atoms with van der Waals surface area (Å²) in [5.74, 6) is -3.11. The highest BCUT2D eigenvalue weighted by atomic mass is 16.4. The van der Waals surface area contributed by atoms with Crippen LogP contribution in [0.3, 0.4) is 0 Å². The van der Waals surface area contributed by atoms with Crippen molar-refractivity contribution < 1.29 is 29.4 Å². The van der Waals surface area contributed by atoms with Gasteiger partial charge in [-0.15, -0.1) is 0 Å². The molecule has 3 rings (SSSR count). The standard InChI is InChI=1S/C23H30N6O6/c24-16(9-14-5-2-1-3-6-14)20(31)28-18(12-30)21(32)27-17(10-15-11-25-13-26-15)22(33)29-8-4-7-19(29)23(34)35/h1-3,5-6,11,13,16-19,30H,4,7-10,12,24H2,(H,25,26)(H,27,32)(H,28,31)(H,34,35). The second-order valence-corrected chi connectivity index (χ2v) is 8.41. The maximum absolute atomic E-state index is 13.2. The third-order valence-corrected chi connectivity index (χ3v) is 5.87. The zero-order valence-corrected chi connectivity index (χ0v) is 19.1. The molecule has 0 saturated carbocycles. The van der Waals surface area contributed by atoms with Crippen molar-refractivity contribution in [2.24, 2.45) is 5.73 Å². The Hall–Kier alpha value is -3.77. The van der Waals surface area contributed by atoms with Crippen molar-refractivity contribution in [3.05, 3.63) is 54.1 Å². The number of H-pyrrole nitrogens is 1. The number of benzene rings is 1. The van der Waals surface area contributed by atoms with Gasteiger partial charge in [0.1, 0.15) is 18.1 Å². The van der Waals surface area contributed by atoms with Gasteiger partial charge in [-0.1, -0.05) is 30.3 Å². The molecule has 12 heteroatoms.